The largest absolute Gasteiger partial charge is 0.480 e. The highest BCUT2D eigenvalue weighted by molar-refractivity contribution is 5.78. The van der Waals surface area contributed by atoms with Crippen molar-refractivity contribution in [2.45, 2.75) is 44.4 Å². The first-order valence-corrected chi connectivity index (χ1v) is 6.84. The number of carboxylic acid groups (broad SMARTS) is 1. The maximum absolute atomic E-state index is 13.1. The molecule has 0 amide bonds. The van der Waals surface area contributed by atoms with Crippen molar-refractivity contribution in [1.29, 1.82) is 0 Å². The van der Waals surface area contributed by atoms with E-state index in [1.165, 1.54) is 12.1 Å². The monoisotopic (exact) mass is 301 g/mol. The summed E-state index contributed by atoms with van der Waals surface area (Å²) in [7, 11) is 0. The molecule has 0 radical (unpaired) electrons. The molecule has 1 N–H and O–H groups in total. The second-order valence-corrected chi connectivity index (χ2v) is 5.64. The van der Waals surface area contributed by atoms with E-state index < -0.39 is 29.3 Å². The predicted octanol–water partition coefficient (Wildman–Crippen LogP) is 3.71. The van der Waals surface area contributed by atoms with Gasteiger partial charge >= 0.3 is 12.1 Å². The van der Waals surface area contributed by atoms with E-state index in [0.29, 0.717) is 19.4 Å². The predicted molar refractivity (Wildman–Crippen MR) is 71.8 cm³/mol. The van der Waals surface area contributed by atoms with Gasteiger partial charge in [0.1, 0.15) is 5.54 Å². The Hall–Kier alpha value is -1.56. The van der Waals surface area contributed by atoms with E-state index in [4.69, 9.17) is 0 Å². The number of carboxylic acids is 1. The number of halogens is 3. The summed E-state index contributed by atoms with van der Waals surface area (Å²) in [4.78, 5) is 13.1. The molecule has 1 saturated heterocycles. The molecule has 1 heterocycles. The highest BCUT2D eigenvalue weighted by Crippen LogP contribution is 2.41. The summed E-state index contributed by atoms with van der Waals surface area (Å²) in [5, 5.41) is 9.40. The Bertz CT molecular complexity index is 544. The summed E-state index contributed by atoms with van der Waals surface area (Å²) < 4.78 is 39.3. The van der Waals surface area contributed by atoms with Crippen LogP contribution in [0.2, 0.25) is 0 Å². The fourth-order valence-corrected chi connectivity index (χ4v) is 3.12. The van der Waals surface area contributed by atoms with Crippen LogP contribution in [0.4, 0.5) is 13.2 Å². The minimum Gasteiger partial charge on any atom is -0.480 e. The molecule has 0 aromatic heterocycles. The van der Waals surface area contributed by atoms with Gasteiger partial charge in [0.25, 0.3) is 0 Å². The van der Waals surface area contributed by atoms with Gasteiger partial charge in [-0.2, -0.15) is 13.2 Å². The Labute approximate surface area is 121 Å². The zero-order chi connectivity index (χ0) is 15.8. The van der Waals surface area contributed by atoms with Gasteiger partial charge in [0.15, 0.2) is 0 Å². The first-order chi connectivity index (χ1) is 9.68. The van der Waals surface area contributed by atoms with Crippen LogP contribution in [0.1, 0.15) is 43.9 Å². The van der Waals surface area contributed by atoms with E-state index in [0.717, 1.165) is 6.07 Å². The molecule has 1 aliphatic rings. The van der Waals surface area contributed by atoms with Crippen molar-refractivity contribution < 1.29 is 23.1 Å². The molecule has 0 aliphatic carbocycles. The van der Waals surface area contributed by atoms with Gasteiger partial charge in [-0.25, -0.2) is 0 Å². The number of benzene rings is 1. The maximum atomic E-state index is 13.1. The number of aliphatic carboxylic acids is 1. The molecule has 3 nitrogen and oxygen atoms in total. The van der Waals surface area contributed by atoms with E-state index in [1.54, 1.807) is 24.8 Å². The van der Waals surface area contributed by atoms with Gasteiger partial charge in [-0.15, -0.1) is 0 Å². The smallest absolute Gasteiger partial charge is 0.416 e. The van der Waals surface area contributed by atoms with E-state index in [9.17, 15) is 23.1 Å². The Balaban J connectivity index is 2.41. The van der Waals surface area contributed by atoms with Crippen LogP contribution >= 0.6 is 0 Å². The molecule has 0 bridgehead atoms. The molecule has 6 heteroatoms. The first-order valence-electron chi connectivity index (χ1n) is 6.84. The van der Waals surface area contributed by atoms with Crippen molar-refractivity contribution in [2.75, 3.05) is 6.54 Å². The second kappa shape index (κ2) is 5.33. The number of carbonyl (C=O) groups is 1. The van der Waals surface area contributed by atoms with Crippen molar-refractivity contribution in [3.05, 3.63) is 35.4 Å². The average Bonchev–Trinajstić information content (AvgIpc) is 2.80. The SMILES string of the molecule is CC(c1ccccc1C(F)(F)F)N1CCCC1(C)C(=O)O. The van der Waals surface area contributed by atoms with Gasteiger partial charge in [-0.05, 0) is 44.9 Å². The lowest BCUT2D eigenvalue weighted by atomic mass is 9.94. The zero-order valence-corrected chi connectivity index (χ0v) is 11.9. The molecular formula is C15H18F3NO2. The van der Waals surface area contributed by atoms with E-state index in [1.807, 2.05) is 0 Å². The Morgan fingerprint density at radius 1 is 1.38 bits per heavy atom. The molecule has 21 heavy (non-hydrogen) atoms. The molecule has 2 rings (SSSR count). The first kappa shape index (κ1) is 15.8. The minimum absolute atomic E-state index is 0.124. The van der Waals surface area contributed by atoms with E-state index in [2.05, 4.69) is 0 Å². The Kier molecular flexibility index (Phi) is 4.02. The minimum atomic E-state index is -4.44. The topological polar surface area (TPSA) is 40.5 Å². The van der Waals surface area contributed by atoms with Crippen LogP contribution in [0.15, 0.2) is 24.3 Å². The summed E-state index contributed by atoms with van der Waals surface area (Å²) in [6.07, 6.45) is -3.33. The van der Waals surface area contributed by atoms with Gasteiger partial charge in [-0.3, -0.25) is 9.69 Å². The molecule has 2 atom stereocenters. The molecule has 0 spiro atoms. The summed E-state index contributed by atoms with van der Waals surface area (Å²) in [5.74, 6) is -0.990. The van der Waals surface area contributed by atoms with Crippen LogP contribution < -0.4 is 0 Å². The molecule has 2 unspecified atom stereocenters. The lowest BCUT2D eigenvalue weighted by molar-refractivity contribution is -0.150. The van der Waals surface area contributed by atoms with Crippen LogP contribution in [0.3, 0.4) is 0 Å². The Morgan fingerprint density at radius 2 is 2.00 bits per heavy atom. The fourth-order valence-electron chi connectivity index (χ4n) is 3.12. The van der Waals surface area contributed by atoms with Crippen molar-refractivity contribution in [3.8, 4) is 0 Å². The van der Waals surface area contributed by atoms with E-state index in [-0.39, 0.29) is 5.56 Å². The lowest BCUT2D eigenvalue weighted by Crippen LogP contribution is -2.49. The number of hydrogen-bond acceptors (Lipinski definition) is 2. The summed E-state index contributed by atoms with van der Waals surface area (Å²) >= 11 is 0. The van der Waals surface area contributed by atoms with Gasteiger partial charge in [0.05, 0.1) is 5.56 Å². The maximum Gasteiger partial charge on any atom is 0.416 e. The van der Waals surface area contributed by atoms with Gasteiger partial charge in [0, 0.05) is 6.04 Å². The van der Waals surface area contributed by atoms with Gasteiger partial charge < -0.3 is 5.11 Å². The third kappa shape index (κ3) is 2.77. The third-order valence-electron chi connectivity index (χ3n) is 4.34. The number of likely N-dealkylation sites (tertiary alicyclic amines) is 1. The zero-order valence-electron chi connectivity index (χ0n) is 11.9. The quantitative estimate of drug-likeness (QED) is 0.925. The average molecular weight is 301 g/mol. The van der Waals surface area contributed by atoms with E-state index >= 15 is 0 Å². The highest BCUT2D eigenvalue weighted by Gasteiger charge is 2.47. The van der Waals surface area contributed by atoms with Crippen LogP contribution in [0.25, 0.3) is 0 Å². The third-order valence-corrected chi connectivity index (χ3v) is 4.34. The van der Waals surface area contributed by atoms with Crippen molar-refractivity contribution >= 4 is 5.97 Å². The summed E-state index contributed by atoms with van der Waals surface area (Å²) in [6.45, 7) is 3.70. The molecule has 116 valence electrons. The number of alkyl halides is 3. The molecular weight excluding hydrogens is 283 g/mol. The normalized spacial score (nSPS) is 25.0. The standard InChI is InChI=1S/C15H18F3NO2/c1-10(19-9-5-8-14(19,2)13(20)21)11-6-3-4-7-12(11)15(16,17)18/h3-4,6-7,10H,5,8-9H2,1-2H3,(H,20,21). The number of hydrogen-bond donors (Lipinski definition) is 1. The number of nitrogens with zero attached hydrogens (tertiary/aromatic N) is 1. The molecule has 1 aliphatic heterocycles. The molecule has 1 fully saturated rings. The lowest BCUT2D eigenvalue weighted by Gasteiger charge is -2.37. The van der Waals surface area contributed by atoms with Crippen LogP contribution in [-0.4, -0.2) is 28.1 Å². The van der Waals surface area contributed by atoms with Crippen LogP contribution in [-0.2, 0) is 11.0 Å². The molecule has 1 aromatic rings. The second-order valence-electron chi connectivity index (χ2n) is 5.64. The fraction of sp³-hybridized carbons (Fsp3) is 0.533. The summed E-state index contributed by atoms with van der Waals surface area (Å²) in [6, 6.07) is 4.76. The highest BCUT2D eigenvalue weighted by atomic mass is 19.4. The van der Waals surface area contributed by atoms with Gasteiger partial charge in [-0.1, -0.05) is 18.2 Å². The molecule has 0 saturated carbocycles. The van der Waals surface area contributed by atoms with Gasteiger partial charge in [0.2, 0.25) is 0 Å². The Morgan fingerprint density at radius 3 is 2.57 bits per heavy atom. The van der Waals surface area contributed by atoms with Crippen LogP contribution in [0.5, 0.6) is 0 Å². The molecule has 1 aromatic carbocycles. The van der Waals surface area contributed by atoms with Crippen molar-refractivity contribution in [1.82, 2.24) is 4.90 Å². The van der Waals surface area contributed by atoms with Crippen LogP contribution in [0, 0.1) is 0 Å². The summed E-state index contributed by atoms with van der Waals surface area (Å²) in [5.41, 5.74) is -1.69. The van der Waals surface area contributed by atoms with Crippen molar-refractivity contribution in [2.24, 2.45) is 0 Å². The number of rotatable bonds is 3. The van der Waals surface area contributed by atoms with Crippen molar-refractivity contribution in [3.63, 3.8) is 0 Å².